The van der Waals surface area contributed by atoms with E-state index in [0.717, 1.165) is 11.4 Å². The Hall–Kier alpha value is -2.23. The summed E-state index contributed by atoms with van der Waals surface area (Å²) in [5, 5.41) is 13.2. The normalized spacial score (nSPS) is 13.1. The molecule has 120 valence electrons. The Labute approximate surface area is 139 Å². The molecule has 5 nitrogen and oxygen atoms in total. The Kier molecular flexibility index (Phi) is 5.85. The highest BCUT2D eigenvalue weighted by molar-refractivity contribution is 7.11. The first-order valence-electron chi connectivity index (χ1n) is 7.37. The Bertz CT molecular complexity index is 721. The number of methoxy groups -OCH3 is 1. The highest BCUT2D eigenvalue weighted by atomic mass is 32.1. The summed E-state index contributed by atoms with van der Waals surface area (Å²) >= 11 is 1.63. The summed E-state index contributed by atoms with van der Waals surface area (Å²) in [6, 6.07) is 8.31. The fourth-order valence-electron chi connectivity index (χ4n) is 2.21. The molecule has 0 saturated heterocycles. The van der Waals surface area contributed by atoms with Crippen molar-refractivity contribution >= 4 is 17.3 Å². The standard InChI is InChI=1S/C17H19N3O2S/c1-4-14-10-19-16(23-14)11(2)20-15(17(21)22-3)13-7-5-6-12(8-13)9-18/h5-8,10-11,15,20H,4H2,1-3H3/t11-,15-/m0/s1. The van der Waals surface area contributed by atoms with Crippen LogP contribution in [0.15, 0.2) is 30.5 Å². The number of carbonyl (C=O) groups is 1. The van der Waals surface area contributed by atoms with Gasteiger partial charge in [-0.3, -0.25) is 5.32 Å². The van der Waals surface area contributed by atoms with Gasteiger partial charge in [0.25, 0.3) is 0 Å². The zero-order valence-corrected chi connectivity index (χ0v) is 14.2. The number of nitrogens with zero attached hydrogens (tertiary/aromatic N) is 2. The SMILES string of the molecule is CCc1cnc([C@H](C)N[C@H](C(=O)OC)c2cccc(C#N)c2)s1. The number of hydrogen-bond acceptors (Lipinski definition) is 6. The molecule has 0 radical (unpaired) electrons. The lowest BCUT2D eigenvalue weighted by molar-refractivity contribution is -0.143. The van der Waals surface area contributed by atoms with E-state index in [0.29, 0.717) is 11.1 Å². The van der Waals surface area contributed by atoms with Crippen molar-refractivity contribution in [2.24, 2.45) is 0 Å². The highest BCUT2D eigenvalue weighted by Crippen LogP contribution is 2.25. The van der Waals surface area contributed by atoms with Crippen LogP contribution in [0.5, 0.6) is 0 Å². The molecule has 0 unspecified atom stereocenters. The number of rotatable bonds is 6. The molecular weight excluding hydrogens is 310 g/mol. The molecule has 2 rings (SSSR count). The number of aryl methyl sites for hydroxylation is 1. The van der Waals surface area contributed by atoms with Gasteiger partial charge in [-0.15, -0.1) is 11.3 Å². The van der Waals surface area contributed by atoms with Crippen LogP contribution in [0.1, 0.15) is 46.9 Å². The molecule has 23 heavy (non-hydrogen) atoms. The topological polar surface area (TPSA) is 75.0 Å². The smallest absolute Gasteiger partial charge is 0.327 e. The average molecular weight is 329 g/mol. The predicted octanol–water partition coefficient (Wildman–Crippen LogP) is 3.14. The van der Waals surface area contributed by atoms with Crippen molar-refractivity contribution in [3.05, 3.63) is 51.5 Å². The average Bonchev–Trinajstić information content (AvgIpc) is 3.08. The summed E-state index contributed by atoms with van der Waals surface area (Å²) in [5.41, 5.74) is 1.21. The molecule has 0 aliphatic rings. The minimum Gasteiger partial charge on any atom is -0.468 e. The van der Waals surface area contributed by atoms with Crippen LogP contribution >= 0.6 is 11.3 Å². The minimum atomic E-state index is -0.641. The van der Waals surface area contributed by atoms with E-state index in [4.69, 9.17) is 10.00 Å². The van der Waals surface area contributed by atoms with E-state index in [1.807, 2.05) is 19.2 Å². The summed E-state index contributed by atoms with van der Waals surface area (Å²) in [6.45, 7) is 4.04. The number of aromatic nitrogens is 1. The van der Waals surface area contributed by atoms with Crippen LogP contribution in [0.2, 0.25) is 0 Å². The van der Waals surface area contributed by atoms with Crippen LogP contribution in [0.4, 0.5) is 0 Å². The van der Waals surface area contributed by atoms with Crippen LogP contribution in [-0.4, -0.2) is 18.1 Å². The second kappa shape index (κ2) is 7.86. The maximum atomic E-state index is 12.2. The molecule has 1 heterocycles. The minimum absolute atomic E-state index is 0.102. The maximum absolute atomic E-state index is 12.2. The van der Waals surface area contributed by atoms with Gasteiger partial charge in [-0.1, -0.05) is 19.1 Å². The number of benzene rings is 1. The zero-order valence-electron chi connectivity index (χ0n) is 13.4. The van der Waals surface area contributed by atoms with E-state index in [1.54, 1.807) is 29.5 Å². The van der Waals surface area contributed by atoms with Crippen LogP contribution in [0.25, 0.3) is 0 Å². The monoisotopic (exact) mass is 329 g/mol. The van der Waals surface area contributed by atoms with E-state index >= 15 is 0 Å². The molecule has 6 heteroatoms. The quantitative estimate of drug-likeness (QED) is 0.824. The molecule has 0 amide bonds. The molecule has 1 N–H and O–H groups in total. The number of hydrogen-bond donors (Lipinski definition) is 1. The number of thiazole rings is 1. The van der Waals surface area contributed by atoms with Crippen molar-refractivity contribution in [3.63, 3.8) is 0 Å². The molecule has 2 atom stereocenters. The molecule has 0 bridgehead atoms. The van der Waals surface area contributed by atoms with E-state index in [2.05, 4.69) is 23.3 Å². The Morgan fingerprint density at radius 1 is 1.52 bits per heavy atom. The number of carbonyl (C=O) groups excluding carboxylic acids is 1. The van der Waals surface area contributed by atoms with E-state index in [1.165, 1.54) is 12.0 Å². The van der Waals surface area contributed by atoms with Crippen molar-refractivity contribution in [3.8, 4) is 6.07 Å². The lowest BCUT2D eigenvalue weighted by Crippen LogP contribution is -2.31. The van der Waals surface area contributed by atoms with Gasteiger partial charge in [-0.05, 0) is 31.0 Å². The Morgan fingerprint density at radius 3 is 2.91 bits per heavy atom. The third-order valence-corrected chi connectivity index (χ3v) is 4.82. The van der Waals surface area contributed by atoms with Gasteiger partial charge in [0.15, 0.2) is 0 Å². The molecule has 0 saturated carbocycles. The van der Waals surface area contributed by atoms with Gasteiger partial charge in [0.1, 0.15) is 11.0 Å². The second-order valence-corrected chi connectivity index (χ2v) is 6.25. The fourth-order valence-corrected chi connectivity index (χ4v) is 3.08. The summed E-state index contributed by atoms with van der Waals surface area (Å²) in [5.74, 6) is -0.390. The molecule has 1 aromatic carbocycles. The summed E-state index contributed by atoms with van der Waals surface area (Å²) in [6.07, 6.45) is 2.80. The Balaban J connectivity index is 2.25. The second-order valence-electron chi connectivity index (χ2n) is 5.10. The molecule has 0 spiro atoms. The van der Waals surface area contributed by atoms with Crippen molar-refractivity contribution in [1.82, 2.24) is 10.3 Å². The summed E-state index contributed by atoms with van der Waals surface area (Å²) in [4.78, 5) is 17.8. The van der Waals surface area contributed by atoms with Crippen LogP contribution < -0.4 is 5.32 Å². The maximum Gasteiger partial charge on any atom is 0.327 e. The number of nitriles is 1. The molecule has 0 fully saturated rings. The first-order chi connectivity index (χ1) is 11.1. The largest absolute Gasteiger partial charge is 0.468 e. The van der Waals surface area contributed by atoms with E-state index in [-0.39, 0.29) is 12.0 Å². The van der Waals surface area contributed by atoms with Gasteiger partial charge >= 0.3 is 5.97 Å². The van der Waals surface area contributed by atoms with Crippen LogP contribution in [0, 0.1) is 11.3 Å². The highest BCUT2D eigenvalue weighted by Gasteiger charge is 2.25. The lowest BCUT2D eigenvalue weighted by Gasteiger charge is -2.20. The molecule has 0 aliphatic heterocycles. The van der Waals surface area contributed by atoms with Gasteiger partial charge in [0.05, 0.1) is 24.8 Å². The molecule has 1 aromatic heterocycles. The van der Waals surface area contributed by atoms with Gasteiger partial charge in [0, 0.05) is 11.1 Å². The third-order valence-electron chi connectivity index (χ3n) is 3.49. The van der Waals surface area contributed by atoms with Crippen molar-refractivity contribution in [2.45, 2.75) is 32.4 Å². The summed E-state index contributed by atoms with van der Waals surface area (Å²) < 4.78 is 4.90. The van der Waals surface area contributed by atoms with Gasteiger partial charge in [-0.2, -0.15) is 5.26 Å². The van der Waals surface area contributed by atoms with Gasteiger partial charge < -0.3 is 4.74 Å². The molecular formula is C17H19N3O2S. The van der Waals surface area contributed by atoms with Crippen LogP contribution in [-0.2, 0) is 16.0 Å². The summed E-state index contributed by atoms with van der Waals surface area (Å²) in [7, 11) is 1.36. The van der Waals surface area contributed by atoms with Crippen molar-refractivity contribution < 1.29 is 9.53 Å². The Morgan fingerprint density at radius 2 is 2.30 bits per heavy atom. The number of nitrogens with one attached hydrogen (secondary N) is 1. The zero-order chi connectivity index (χ0) is 16.8. The van der Waals surface area contributed by atoms with Gasteiger partial charge in [0.2, 0.25) is 0 Å². The first-order valence-corrected chi connectivity index (χ1v) is 8.19. The fraction of sp³-hybridized carbons (Fsp3) is 0.353. The van der Waals surface area contributed by atoms with Crippen molar-refractivity contribution in [2.75, 3.05) is 7.11 Å². The van der Waals surface area contributed by atoms with Crippen molar-refractivity contribution in [1.29, 1.82) is 5.26 Å². The van der Waals surface area contributed by atoms with Crippen LogP contribution in [0.3, 0.4) is 0 Å². The third kappa shape index (κ3) is 4.15. The van der Waals surface area contributed by atoms with Gasteiger partial charge in [-0.25, -0.2) is 9.78 Å². The number of esters is 1. The molecule has 0 aliphatic carbocycles. The lowest BCUT2D eigenvalue weighted by atomic mass is 10.0. The predicted molar refractivity (Wildman–Crippen MR) is 89.0 cm³/mol. The first kappa shape index (κ1) is 17.1. The van der Waals surface area contributed by atoms with E-state index < -0.39 is 6.04 Å². The number of ether oxygens (including phenoxy) is 1. The molecule has 2 aromatic rings. The van der Waals surface area contributed by atoms with E-state index in [9.17, 15) is 4.79 Å².